The molecule has 1 unspecified atom stereocenters. The molecule has 2 fully saturated rings. The Morgan fingerprint density at radius 2 is 1.89 bits per heavy atom. The third-order valence-corrected chi connectivity index (χ3v) is 8.81. The number of hydrogen-bond donors (Lipinski definition) is 1. The van der Waals surface area contributed by atoms with Gasteiger partial charge in [-0.25, -0.2) is 4.39 Å². The largest absolute Gasteiger partial charge is 0.458 e. The Morgan fingerprint density at radius 1 is 1.20 bits per heavy atom. The predicted molar refractivity (Wildman–Crippen MR) is 134 cm³/mol. The van der Waals surface area contributed by atoms with Gasteiger partial charge in [-0.3, -0.25) is 4.79 Å². The second-order valence-electron chi connectivity index (χ2n) is 11.3. The molecule has 35 heavy (non-hydrogen) atoms. The Bertz CT molecular complexity index is 894. The number of aliphatic hydroxyl groups is 1. The van der Waals surface area contributed by atoms with E-state index in [9.17, 15) is 14.3 Å². The minimum Gasteiger partial charge on any atom is -0.458 e. The zero-order valence-electron chi connectivity index (χ0n) is 21.7. The van der Waals surface area contributed by atoms with Gasteiger partial charge in [0.1, 0.15) is 11.9 Å². The molecule has 1 aromatic carbocycles. The summed E-state index contributed by atoms with van der Waals surface area (Å²) in [7, 11) is 0. The van der Waals surface area contributed by atoms with Crippen LogP contribution in [0.25, 0.3) is 0 Å². The fourth-order valence-electron chi connectivity index (χ4n) is 6.59. The lowest BCUT2D eigenvalue weighted by Gasteiger charge is -2.53. The Morgan fingerprint density at radius 3 is 2.54 bits per heavy atom. The molecule has 194 valence electrons. The molecule has 1 N–H and O–H groups in total. The molecule has 3 aliphatic rings. The zero-order valence-corrected chi connectivity index (χ0v) is 21.7. The van der Waals surface area contributed by atoms with Crippen molar-refractivity contribution in [1.29, 1.82) is 0 Å². The molecule has 0 radical (unpaired) electrons. The number of hydrogen-bond acceptors (Lipinski definition) is 5. The van der Waals surface area contributed by atoms with Crippen molar-refractivity contribution in [3.05, 3.63) is 47.3 Å². The summed E-state index contributed by atoms with van der Waals surface area (Å²) < 4.78 is 24.7. The summed E-state index contributed by atoms with van der Waals surface area (Å²) in [5.74, 6) is 0.660. The van der Waals surface area contributed by atoms with Gasteiger partial charge in [-0.15, -0.1) is 0 Å². The van der Waals surface area contributed by atoms with Gasteiger partial charge in [-0.1, -0.05) is 32.1 Å². The first-order chi connectivity index (χ1) is 16.7. The number of esters is 1. The zero-order chi connectivity index (χ0) is 25.2. The summed E-state index contributed by atoms with van der Waals surface area (Å²) in [5, 5.41) is 11.8. The standard InChI is InChI=1S/C29H42FNO4/c1-19-15-27-26(10-5-21(3)29(27,33)16-28(19)35-22(4)32)20(2)17-31-13-11-25(12-14-31)34-18-23-6-8-24(30)9-7-23/h6-9,15,20-21,25-28,33H,5,10-14,16-18H2,1-4H3/t20?,21-,26+,27-,28-,29-/m1/s1. The summed E-state index contributed by atoms with van der Waals surface area (Å²) in [6, 6.07) is 6.53. The van der Waals surface area contributed by atoms with Gasteiger partial charge in [0.2, 0.25) is 0 Å². The fraction of sp³-hybridized carbons (Fsp3) is 0.690. The Balaban J connectivity index is 1.31. The number of benzene rings is 1. The van der Waals surface area contributed by atoms with E-state index in [-0.39, 0.29) is 35.8 Å². The summed E-state index contributed by atoms with van der Waals surface area (Å²) >= 11 is 0. The molecular weight excluding hydrogens is 445 g/mol. The van der Waals surface area contributed by atoms with Crippen molar-refractivity contribution < 1.29 is 23.8 Å². The normalized spacial score (nSPS) is 33.0. The van der Waals surface area contributed by atoms with Crippen LogP contribution in [0.5, 0.6) is 0 Å². The molecule has 1 saturated carbocycles. The third kappa shape index (κ3) is 6.15. The number of nitrogens with zero attached hydrogens (tertiary/aromatic N) is 1. The highest BCUT2D eigenvalue weighted by Gasteiger charge is 2.52. The van der Waals surface area contributed by atoms with Crippen molar-refractivity contribution in [1.82, 2.24) is 4.90 Å². The van der Waals surface area contributed by atoms with Crippen LogP contribution in [0.1, 0.15) is 65.4 Å². The number of piperidine rings is 1. The van der Waals surface area contributed by atoms with Gasteiger partial charge < -0.3 is 19.5 Å². The molecule has 1 aromatic rings. The van der Waals surface area contributed by atoms with Crippen LogP contribution in [0.4, 0.5) is 4.39 Å². The van der Waals surface area contributed by atoms with E-state index in [1.54, 1.807) is 12.1 Å². The predicted octanol–water partition coefficient (Wildman–Crippen LogP) is 5.12. The lowest BCUT2D eigenvalue weighted by Crippen LogP contribution is -2.56. The summed E-state index contributed by atoms with van der Waals surface area (Å²) in [6.45, 7) is 11.5. The van der Waals surface area contributed by atoms with Gasteiger partial charge in [0, 0.05) is 38.9 Å². The summed E-state index contributed by atoms with van der Waals surface area (Å²) in [4.78, 5) is 14.1. The van der Waals surface area contributed by atoms with Crippen LogP contribution in [0.15, 0.2) is 35.9 Å². The van der Waals surface area contributed by atoms with E-state index >= 15 is 0 Å². The van der Waals surface area contributed by atoms with Gasteiger partial charge in [0.15, 0.2) is 0 Å². The van der Waals surface area contributed by atoms with Gasteiger partial charge in [-0.05, 0) is 73.6 Å². The Kier molecular flexibility index (Phi) is 8.34. The van der Waals surface area contributed by atoms with E-state index in [0.29, 0.717) is 24.9 Å². The third-order valence-electron chi connectivity index (χ3n) is 8.81. The van der Waals surface area contributed by atoms with Crippen LogP contribution < -0.4 is 0 Å². The maximum atomic E-state index is 13.1. The van der Waals surface area contributed by atoms with E-state index in [2.05, 4.69) is 24.8 Å². The van der Waals surface area contributed by atoms with Crippen LogP contribution in [-0.2, 0) is 20.9 Å². The van der Waals surface area contributed by atoms with E-state index in [1.165, 1.54) is 19.1 Å². The summed E-state index contributed by atoms with van der Waals surface area (Å²) in [6.07, 6.45) is 6.77. The van der Waals surface area contributed by atoms with Crippen LogP contribution in [0, 0.1) is 29.5 Å². The molecule has 4 rings (SSSR count). The average molecular weight is 488 g/mol. The highest BCUT2D eigenvalue weighted by atomic mass is 19.1. The Labute approximate surface area is 209 Å². The quantitative estimate of drug-likeness (QED) is 0.427. The van der Waals surface area contributed by atoms with Crippen LogP contribution >= 0.6 is 0 Å². The highest BCUT2D eigenvalue weighted by Crippen LogP contribution is 2.51. The van der Waals surface area contributed by atoms with Crippen LogP contribution in [-0.4, -0.2) is 53.4 Å². The Hall–Kier alpha value is -1.76. The summed E-state index contributed by atoms with van der Waals surface area (Å²) in [5.41, 5.74) is 1.26. The molecule has 5 nitrogen and oxygen atoms in total. The molecule has 0 spiro atoms. The van der Waals surface area contributed by atoms with Crippen molar-refractivity contribution in [2.24, 2.45) is 23.7 Å². The number of carbonyl (C=O) groups is 1. The van der Waals surface area contributed by atoms with Crippen LogP contribution in [0.2, 0.25) is 0 Å². The number of carbonyl (C=O) groups excluding carboxylic acids is 1. The fourth-order valence-corrected chi connectivity index (χ4v) is 6.59. The van der Waals surface area contributed by atoms with Gasteiger partial charge in [-0.2, -0.15) is 0 Å². The SMILES string of the molecule is CC(=O)O[C@@H]1C[C@@]2(O)[C@H](C)CC[C@@H](C(C)CN3CCC(OCc4ccc(F)cc4)CC3)[C@H]2C=C1C. The minimum atomic E-state index is -0.821. The molecule has 0 aromatic heterocycles. The number of rotatable bonds is 7. The first-order valence-electron chi connectivity index (χ1n) is 13.3. The van der Waals surface area contributed by atoms with E-state index in [1.807, 2.05) is 6.92 Å². The van der Waals surface area contributed by atoms with E-state index < -0.39 is 5.60 Å². The second-order valence-corrected chi connectivity index (χ2v) is 11.3. The second kappa shape index (κ2) is 11.1. The number of likely N-dealkylation sites (tertiary alicyclic amines) is 1. The molecule has 1 heterocycles. The molecule has 2 aliphatic carbocycles. The molecule has 6 heteroatoms. The maximum absolute atomic E-state index is 13.1. The van der Waals surface area contributed by atoms with Crippen molar-refractivity contribution in [2.45, 2.75) is 84.2 Å². The maximum Gasteiger partial charge on any atom is 0.303 e. The molecule has 0 bridgehead atoms. The molecule has 1 saturated heterocycles. The molecule has 0 amide bonds. The number of fused-ring (bicyclic) bond motifs is 1. The topological polar surface area (TPSA) is 59.0 Å². The smallest absolute Gasteiger partial charge is 0.303 e. The lowest BCUT2D eigenvalue weighted by atomic mass is 9.57. The van der Waals surface area contributed by atoms with Gasteiger partial charge >= 0.3 is 5.97 Å². The minimum absolute atomic E-state index is 0.102. The van der Waals surface area contributed by atoms with Crippen molar-refractivity contribution in [3.8, 4) is 0 Å². The van der Waals surface area contributed by atoms with Crippen molar-refractivity contribution in [3.63, 3.8) is 0 Å². The average Bonchev–Trinajstić information content (AvgIpc) is 2.81. The molecule has 1 aliphatic heterocycles. The first-order valence-corrected chi connectivity index (χ1v) is 13.3. The monoisotopic (exact) mass is 487 g/mol. The van der Waals surface area contributed by atoms with Crippen molar-refractivity contribution >= 4 is 5.97 Å². The molecule has 6 atom stereocenters. The van der Waals surface area contributed by atoms with Gasteiger partial charge in [0.25, 0.3) is 0 Å². The first kappa shape index (κ1) is 26.3. The van der Waals surface area contributed by atoms with Gasteiger partial charge in [0.05, 0.1) is 18.3 Å². The number of halogens is 1. The lowest BCUT2D eigenvalue weighted by molar-refractivity contribution is -0.159. The molecular formula is C29H42FNO4. The highest BCUT2D eigenvalue weighted by molar-refractivity contribution is 5.66. The van der Waals surface area contributed by atoms with Crippen LogP contribution in [0.3, 0.4) is 0 Å². The van der Waals surface area contributed by atoms with E-state index in [4.69, 9.17) is 9.47 Å². The number of ether oxygens (including phenoxy) is 2. The van der Waals surface area contributed by atoms with Crippen molar-refractivity contribution in [2.75, 3.05) is 19.6 Å². The van der Waals surface area contributed by atoms with E-state index in [0.717, 1.165) is 56.5 Å².